The van der Waals surface area contributed by atoms with E-state index >= 15 is 0 Å². The molecule has 1 aliphatic rings. The summed E-state index contributed by atoms with van der Waals surface area (Å²) in [6, 6.07) is 0. The first-order valence-electron chi connectivity index (χ1n) is 2.89. The number of hydrogen-bond donors (Lipinski definition) is 0. The van der Waals surface area contributed by atoms with Crippen LogP contribution in [-0.4, -0.2) is 11.5 Å². The molecular formula is C7H6ClNO. The van der Waals surface area contributed by atoms with Gasteiger partial charge in [-0.15, -0.1) is 0 Å². The molecule has 3 heteroatoms. The van der Waals surface area contributed by atoms with Crippen LogP contribution in [0.4, 0.5) is 0 Å². The number of hydrogen-bond acceptors (Lipinski definition) is 2. The predicted octanol–water partition coefficient (Wildman–Crippen LogP) is 1.67. The van der Waals surface area contributed by atoms with Crippen molar-refractivity contribution in [1.29, 1.82) is 0 Å². The fraction of sp³-hybridized carbons (Fsp3) is 0.143. The Kier molecular flexibility index (Phi) is 2.40. The molecule has 1 rings (SSSR count). The van der Waals surface area contributed by atoms with Crippen LogP contribution >= 0.6 is 11.6 Å². The normalized spacial score (nSPS) is 16.3. The Hall–Kier alpha value is -0.890. The summed E-state index contributed by atoms with van der Waals surface area (Å²) in [4.78, 5) is 14.3. The van der Waals surface area contributed by atoms with Crippen LogP contribution in [-0.2, 0) is 4.79 Å². The second-order valence-electron chi connectivity index (χ2n) is 1.83. The van der Waals surface area contributed by atoms with E-state index in [1.807, 2.05) is 6.08 Å². The second-order valence-corrected chi connectivity index (χ2v) is 2.17. The van der Waals surface area contributed by atoms with E-state index in [4.69, 9.17) is 11.6 Å². The monoisotopic (exact) mass is 155 g/mol. The summed E-state index contributed by atoms with van der Waals surface area (Å²) in [6.45, 7) is 0. The molecule has 0 saturated carbocycles. The Balaban J connectivity index is 2.83. The Morgan fingerprint density at radius 2 is 2.50 bits per heavy atom. The molecule has 0 atom stereocenters. The molecule has 0 aliphatic carbocycles. The lowest BCUT2D eigenvalue weighted by molar-refractivity contribution is -0.108. The predicted molar refractivity (Wildman–Crippen MR) is 41.2 cm³/mol. The number of nitrogens with zero attached hydrogens (tertiary/aromatic N) is 1. The first-order chi connectivity index (χ1) is 4.80. The fourth-order valence-electron chi connectivity index (χ4n) is 0.609. The van der Waals surface area contributed by atoms with Gasteiger partial charge in [-0.1, -0.05) is 12.2 Å². The molecule has 0 fully saturated rings. The first kappa shape index (κ1) is 7.22. The summed E-state index contributed by atoms with van der Waals surface area (Å²) < 4.78 is 0. The van der Waals surface area contributed by atoms with Crippen molar-refractivity contribution < 1.29 is 4.79 Å². The maximum atomic E-state index is 10.5. The van der Waals surface area contributed by atoms with E-state index in [2.05, 4.69) is 4.99 Å². The van der Waals surface area contributed by atoms with Gasteiger partial charge in [-0.25, -0.2) is 0 Å². The average molecular weight is 156 g/mol. The number of rotatable bonds is 1. The van der Waals surface area contributed by atoms with Gasteiger partial charge in [-0.05, 0) is 11.6 Å². The zero-order chi connectivity index (χ0) is 7.40. The van der Waals surface area contributed by atoms with Crippen LogP contribution in [0.3, 0.4) is 0 Å². The van der Waals surface area contributed by atoms with Gasteiger partial charge in [0, 0.05) is 18.8 Å². The number of aliphatic imine (C=N–C) groups is 1. The Bertz CT molecular complexity index is 228. The number of halogens is 1. The topological polar surface area (TPSA) is 29.4 Å². The molecule has 0 aromatic heterocycles. The zero-order valence-electron chi connectivity index (χ0n) is 5.25. The standard InChI is InChI=1S/C7H6ClNO/c8-7(10)6-3-1-2-4-9-5-6/h1,3-5H,2H2. The van der Waals surface area contributed by atoms with E-state index < -0.39 is 5.24 Å². The van der Waals surface area contributed by atoms with Crippen molar-refractivity contribution in [3.63, 3.8) is 0 Å². The van der Waals surface area contributed by atoms with Gasteiger partial charge in [0.15, 0.2) is 0 Å². The maximum Gasteiger partial charge on any atom is 0.253 e. The van der Waals surface area contributed by atoms with Crippen molar-refractivity contribution in [1.82, 2.24) is 0 Å². The van der Waals surface area contributed by atoms with Crippen LogP contribution in [0.1, 0.15) is 6.42 Å². The van der Waals surface area contributed by atoms with E-state index in [1.165, 1.54) is 6.20 Å². The molecule has 0 bridgehead atoms. The van der Waals surface area contributed by atoms with Crippen LogP contribution in [0, 0.1) is 0 Å². The van der Waals surface area contributed by atoms with Crippen LogP contribution in [0.25, 0.3) is 0 Å². The van der Waals surface area contributed by atoms with E-state index in [0.29, 0.717) is 5.57 Å². The highest BCUT2D eigenvalue weighted by molar-refractivity contribution is 6.68. The third-order valence-corrected chi connectivity index (χ3v) is 1.30. The highest BCUT2D eigenvalue weighted by Crippen LogP contribution is 2.05. The van der Waals surface area contributed by atoms with Crippen LogP contribution in [0.15, 0.2) is 28.9 Å². The van der Waals surface area contributed by atoms with Gasteiger partial charge >= 0.3 is 0 Å². The molecule has 0 spiro atoms. The molecule has 0 aromatic carbocycles. The van der Waals surface area contributed by atoms with E-state index in [0.717, 1.165) is 6.42 Å². The lowest BCUT2D eigenvalue weighted by Gasteiger charge is -1.86. The smallest absolute Gasteiger partial charge is 0.253 e. The third kappa shape index (κ3) is 1.81. The molecule has 52 valence electrons. The third-order valence-electron chi connectivity index (χ3n) is 1.08. The number of carbonyl (C=O) groups is 1. The van der Waals surface area contributed by atoms with Crippen molar-refractivity contribution >= 4 is 23.1 Å². The van der Waals surface area contributed by atoms with E-state index in [9.17, 15) is 4.79 Å². The molecule has 0 radical (unpaired) electrons. The Morgan fingerprint density at radius 1 is 1.70 bits per heavy atom. The minimum atomic E-state index is -0.463. The lowest BCUT2D eigenvalue weighted by Crippen LogP contribution is -1.87. The Morgan fingerprint density at radius 3 is 3.20 bits per heavy atom. The van der Waals surface area contributed by atoms with Gasteiger partial charge in [-0.2, -0.15) is 0 Å². The van der Waals surface area contributed by atoms with Crippen molar-refractivity contribution in [3.8, 4) is 0 Å². The van der Waals surface area contributed by atoms with Crippen molar-refractivity contribution in [2.75, 3.05) is 0 Å². The number of allylic oxidation sites excluding steroid dienone is 3. The summed E-state index contributed by atoms with van der Waals surface area (Å²) in [6.07, 6.45) is 7.43. The summed E-state index contributed by atoms with van der Waals surface area (Å²) in [5.74, 6) is 0. The van der Waals surface area contributed by atoms with Gasteiger partial charge in [0.05, 0.1) is 5.57 Å². The highest BCUT2D eigenvalue weighted by atomic mass is 35.5. The van der Waals surface area contributed by atoms with Crippen LogP contribution in [0.2, 0.25) is 0 Å². The molecule has 0 N–H and O–H groups in total. The minimum absolute atomic E-state index is 0.440. The lowest BCUT2D eigenvalue weighted by atomic mass is 10.3. The SMILES string of the molecule is O=C(Cl)C1=CN=CCC=C1. The van der Waals surface area contributed by atoms with Gasteiger partial charge in [-0.3, -0.25) is 9.79 Å². The van der Waals surface area contributed by atoms with Crippen molar-refractivity contribution in [3.05, 3.63) is 23.9 Å². The van der Waals surface area contributed by atoms with Crippen molar-refractivity contribution in [2.45, 2.75) is 6.42 Å². The molecule has 0 aromatic rings. The molecule has 0 amide bonds. The second kappa shape index (κ2) is 3.32. The fourth-order valence-corrected chi connectivity index (χ4v) is 0.721. The average Bonchev–Trinajstić information content (AvgIpc) is 2.12. The van der Waals surface area contributed by atoms with Gasteiger partial charge in [0.2, 0.25) is 0 Å². The molecule has 1 aliphatic heterocycles. The molecule has 0 unspecified atom stereocenters. The summed E-state index contributed by atoms with van der Waals surface area (Å²) >= 11 is 5.20. The highest BCUT2D eigenvalue weighted by Gasteiger charge is 2.00. The van der Waals surface area contributed by atoms with Crippen molar-refractivity contribution in [2.24, 2.45) is 4.99 Å². The zero-order valence-corrected chi connectivity index (χ0v) is 6.01. The van der Waals surface area contributed by atoms with E-state index in [-0.39, 0.29) is 0 Å². The number of carbonyl (C=O) groups excluding carboxylic acids is 1. The quantitative estimate of drug-likeness (QED) is 0.530. The summed E-state index contributed by atoms with van der Waals surface area (Å²) in [5, 5.41) is -0.463. The molecule has 0 saturated heterocycles. The molecule has 2 nitrogen and oxygen atoms in total. The molecular weight excluding hydrogens is 150 g/mol. The minimum Gasteiger partial charge on any atom is -0.276 e. The summed E-state index contributed by atoms with van der Waals surface area (Å²) in [5.41, 5.74) is 0.440. The van der Waals surface area contributed by atoms with E-state index in [1.54, 1.807) is 12.3 Å². The summed E-state index contributed by atoms with van der Waals surface area (Å²) in [7, 11) is 0. The molecule has 10 heavy (non-hydrogen) atoms. The van der Waals surface area contributed by atoms with Gasteiger partial charge in [0.1, 0.15) is 0 Å². The first-order valence-corrected chi connectivity index (χ1v) is 3.26. The maximum absolute atomic E-state index is 10.5. The molecule has 1 heterocycles. The Labute approximate surface area is 63.9 Å². The largest absolute Gasteiger partial charge is 0.276 e. The van der Waals surface area contributed by atoms with Crippen LogP contribution in [0.5, 0.6) is 0 Å². The van der Waals surface area contributed by atoms with Gasteiger partial charge in [0.25, 0.3) is 5.24 Å². The van der Waals surface area contributed by atoms with Crippen LogP contribution < -0.4 is 0 Å². The van der Waals surface area contributed by atoms with Gasteiger partial charge < -0.3 is 0 Å².